The van der Waals surface area contributed by atoms with Gasteiger partial charge in [0.1, 0.15) is 0 Å². The van der Waals surface area contributed by atoms with Crippen LogP contribution >= 0.6 is 0 Å². The molecule has 3 aliphatic rings. The van der Waals surface area contributed by atoms with Gasteiger partial charge in [-0.25, -0.2) is 0 Å². The normalized spacial score (nSPS) is 20.2. The minimum Gasteiger partial charge on any atom is -0.398 e. The van der Waals surface area contributed by atoms with E-state index in [1.807, 2.05) is 18.2 Å². The predicted octanol–water partition coefficient (Wildman–Crippen LogP) is 5.15. The van der Waals surface area contributed by atoms with Gasteiger partial charge in [-0.15, -0.1) is 0 Å². The summed E-state index contributed by atoms with van der Waals surface area (Å²) in [4.78, 5) is 20.7. The Kier molecular flexibility index (Phi) is 6.04. The van der Waals surface area contributed by atoms with Crippen LogP contribution < -0.4 is 5.73 Å². The first-order valence-corrected chi connectivity index (χ1v) is 11.8. The van der Waals surface area contributed by atoms with Crippen molar-refractivity contribution in [2.75, 3.05) is 18.8 Å². The van der Waals surface area contributed by atoms with Crippen LogP contribution in [0.3, 0.4) is 0 Å². The second kappa shape index (κ2) is 9.25. The first kappa shape index (κ1) is 20.9. The number of carbonyl (C=O) groups excluding carboxylic acids is 1. The van der Waals surface area contributed by atoms with E-state index < -0.39 is 0 Å². The van der Waals surface area contributed by atoms with E-state index in [9.17, 15) is 4.79 Å². The van der Waals surface area contributed by atoms with Crippen LogP contribution in [-0.4, -0.2) is 28.8 Å². The molecule has 1 saturated heterocycles. The number of likely N-dealkylation sites (tertiary alicyclic amines) is 1. The monoisotopic (exact) mass is 425 g/mol. The number of fused-ring (bicyclic) bond motifs is 2. The highest BCUT2D eigenvalue weighted by molar-refractivity contribution is 6.14. The van der Waals surface area contributed by atoms with Gasteiger partial charge >= 0.3 is 0 Å². The fraction of sp³-hybridized carbons (Fsp3) is 0.357. The quantitative estimate of drug-likeness (QED) is 0.689. The second-order valence-electron chi connectivity index (χ2n) is 9.20. The molecule has 1 aliphatic heterocycles. The number of anilines is 1. The molecule has 0 radical (unpaired) electrons. The van der Waals surface area contributed by atoms with Gasteiger partial charge in [0.15, 0.2) is 5.78 Å². The Morgan fingerprint density at radius 3 is 2.69 bits per heavy atom. The number of aromatic nitrogens is 1. The van der Waals surface area contributed by atoms with Gasteiger partial charge in [0.05, 0.1) is 22.6 Å². The summed E-state index contributed by atoms with van der Waals surface area (Å²) in [6, 6.07) is 10.7. The first-order valence-electron chi connectivity index (χ1n) is 11.8. The molecule has 0 spiro atoms. The van der Waals surface area contributed by atoms with E-state index in [1.54, 1.807) is 0 Å². The third-order valence-electron chi connectivity index (χ3n) is 7.05. The van der Waals surface area contributed by atoms with Crippen molar-refractivity contribution in [3.63, 3.8) is 0 Å². The summed E-state index contributed by atoms with van der Waals surface area (Å²) >= 11 is 0. The number of hydrogen-bond acceptors (Lipinski definition) is 4. The van der Waals surface area contributed by atoms with Crippen molar-refractivity contribution in [2.24, 2.45) is 5.92 Å². The summed E-state index contributed by atoms with van der Waals surface area (Å²) in [5, 5.41) is 0. The van der Waals surface area contributed by atoms with Gasteiger partial charge in [-0.1, -0.05) is 60.7 Å². The molecule has 2 aliphatic carbocycles. The van der Waals surface area contributed by atoms with Crippen LogP contribution in [0.2, 0.25) is 0 Å². The standard InChI is InChI=1S/C28H31N3O/c29-27-23-9-5-2-6-10-24(23)30-25-14-13-22(28(32)26(25)27)12-11-20-15-17-31(18-16-20)19-21-7-3-1-4-8-21/h1-9,12,20H,10-11,13-19H2,(H2,29,30). The molecule has 2 N–H and O–H groups in total. The summed E-state index contributed by atoms with van der Waals surface area (Å²) in [6.45, 7) is 3.29. The number of ketones is 1. The van der Waals surface area contributed by atoms with Gasteiger partial charge in [0, 0.05) is 18.5 Å². The van der Waals surface area contributed by atoms with Crippen molar-refractivity contribution in [1.29, 1.82) is 0 Å². The highest BCUT2D eigenvalue weighted by atomic mass is 16.1. The average Bonchev–Trinajstić information content (AvgIpc) is 3.06. The average molecular weight is 426 g/mol. The Balaban J connectivity index is 1.23. The molecule has 0 unspecified atom stereocenters. The number of Topliss-reactive ketones (excluding diaryl/α,β-unsaturated/α-hetero) is 1. The number of pyridine rings is 1. The molecular formula is C28H31N3O. The minimum atomic E-state index is 0.0890. The van der Waals surface area contributed by atoms with Crippen LogP contribution in [0.15, 0.2) is 60.2 Å². The van der Waals surface area contributed by atoms with Gasteiger partial charge in [-0.3, -0.25) is 14.7 Å². The summed E-state index contributed by atoms with van der Waals surface area (Å²) in [7, 11) is 0. The van der Waals surface area contributed by atoms with Crippen molar-refractivity contribution >= 4 is 17.5 Å². The van der Waals surface area contributed by atoms with Crippen molar-refractivity contribution in [3.05, 3.63) is 88.3 Å². The van der Waals surface area contributed by atoms with Gasteiger partial charge < -0.3 is 5.73 Å². The van der Waals surface area contributed by atoms with Crippen LogP contribution in [0.25, 0.3) is 6.08 Å². The lowest BCUT2D eigenvalue weighted by Gasteiger charge is -2.31. The van der Waals surface area contributed by atoms with Crippen LogP contribution in [0.5, 0.6) is 0 Å². The zero-order valence-electron chi connectivity index (χ0n) is 18.6. The maximum absolute atomic E-state index is 13.3. The van der Waals surface area contributed by atoms with E-state index in [2.05, 4.69) is 47.4 Å². The molecule has 0 amide bonds. The molecule has 4 heteroatoms. The van der Waals surface area contributed by atoms with Crippen LogP contribution in [0.1, 0.15) is 58.6 Å². The Hall–Kier alpha value is -2.98. The van der Waals surface area contributed by atoms with Crippen LogP contribution in [0, 0.1) is 5.92 Å². The molecule has 4 nitrogen and oxygen atoms in total. The number of nitrogens with zero attached hydrogens (tertiary/aromatic N) is 2. The summed E-state index contributed by atoms with van der Waals surface area (Å²) in [6.07, 6.45) is 16.0. The zero-order valence-corrected chi connectivity index (χ0v) is 18.6. The minimum absolute atomic E-state index is 0.0890. The lowest BCUT2D eigenvalue weighted by molar-refractivity contribution is 0.102. The van der Waals surface area contributed by atoms with E-state index in [4.69, 9.17) is 10.7 Å². The number of hydrogen-bond donors (Lipinski definition) is 1. The Morgan fingerprint density at radius 2 is 1.88 bits per heavy atom. The van der Waals surface area contributed by atoms with E-state index in [0.29, 0.717) is 17.2 Å². The van der Waals surface area contributed by atoms with Gasteiger partial charge in [0.25, 0.3) is 0 Å². The molecule has 2 aromatic rings. The molecule has 0 atom stereocenters. The topological polar surface area (TPSA) is 59.2 Å². The molecule has 1 aromatic carbocycles. The summed E-state index contributed by atoms with van der Waals surface area (Å²) in [5.74, 6) is 0.742. The lowest BCUT2D eigenvalue weighted by Crippen LogP contribution is -2.33. The second-order valence-corrected chi connectivity index (χ2v) is 9.20. The van der Waals surface area contributed by atoms with Crippen molar-refractivity contribution in [2.45, 2.75) is 45.1 Å². The third kappa shape index (κ3) is 4.33. The predicted molar refractivity (Wildman–Crippen MR) is 130 cm³/mol. The number of aryl methyl sites for hydroxylation is 1. The number of rotatable bonds is 4. The smallest absolute Gasteiger partial charge is 0.192 e. The molecule has 1 fully saturated rings. The molecule has 0 bridgehead atoms. The van der Waals surface area contributed by atoms with Crippen molar-refractivity contribution in [1.82, 2.24) is 9.88 Å². The number of piperidine rings is 1. The molecule has 164 valence electrons. The van der Waals surface area contributed by atoms with Crippen molar-refractivity contribution < 1.29 is 4.79 Å². The van der Waals surface area contributed by atoms with E-state index in [0.717, 1.165) is 67.8 Å². The SMILES string of the molecule is Nc1c2c(nc3c1C(=O)C(=CCC1CCN(Cc4ccccc4)CC1)CC3)CC=CC=C2. The van der Waals surface area contributed by atoms with Crippen molar-refractivity contribution in [3.8, 4) is 0 Å². The Morgan fingerprint density at radius 1 is 1.06 bits per heavy atom. The first-order chi connectivity index (χ1) is 15.7. The fourth-order valence-electron chi connectivity index (χ4n) is 5.16. The lowest BCUT2D eigenvalue weighted by atomic mass is 9.85. The Labute approximate surface area is 190 Å². The third-order valence-corrected chi connectivity index (χ3v) is 7.05. The van der Waals surface area contributed by atoms with Gasteiger partial charge in [-0.05, 0) is 62.2 Å². The number of carbonyl (C=O) groups is 1. The molecule has 0 saturated carbocycles. The van der Waals surface area contributed by atoms with Crippen LogP contribution in [-0.2, 0) is 19.4 Å². The number of benzene rings is 1. The maximum Gasteiger partial charge on any atom is 0.192 e. The maximum atomic E-state index is 13.3. The highest BCUT2D eigenvalue weighted by Gasteiger charge is 2.28. The largest absolute Gasteiger partial charge is 0.398 e. The van der Waals surface area contributed by atoms with Gasteiger partial charge in [-0.2, -0.15) is 0 Å². The molecule has 32 heavy (non-hydrogen) atoms. The number of nitrogen functional groups attached to an aromatic ring is 1. The van der Waals surface area contributed by atoms with Gasteiger partial charge in [0.2, 0.25) is 0 Å². The zero-order chi connectivity index (χ0) is 21.9. The summed E-state index contributed by atoms with van der Waals surface area (Å²) < 4.78 is 0. The van der Waals surface area contributed by atoms with E-state index in [1.165, 1.54) is 18.4 Å². The van der Waals surface area contributed by atoms with E-state index >= 15 is 0 Å². The van der Waals surface area contributed by atoms with Crippen LogP contribution in [0.4, 0.5) is 5.69 Å². The Bertz CT molecular complexity index is 1090. The fourth-order valence-corrected chi connectivity index (χ4v) is 5.16. The number of allylic oxidation sites excluding steroid dienone is 5. The number of nitrogens with two attached hydrogens (primary N) is 1. The molecule has 1 aromatic heterocycles. The molecule has 2 heterocycles. The molecule has 5 rings (SSSR count). The summed E-state index contributed by atoms with van der Waals surface area (Å²) in [5.41, 5.74) is 12.8. The highest BCUT2D eigenvalue weighted by Crippen LogP contribution is 2.34. The molecular weight excluding hydrogens is 394 g/mol. The van der Waals surface area contributed by atoms with E-state index in [-0.39, 0.29) is 5.78 Å².